The lowest BCUT2D eigenvalue weighted by Crippen LogP contribution is -2.37. The Morgan fingerprint density at radius 3 is 2.73 bits per heavy atom. The zero-order valence-corrected chi connectivity index (χ0v) is 13.9. The quantitative estimate of drug-likeness (QED) is 0.719. The molecule has 0 saturated heterocycles. The summed E-state index contributed by atoms with van der Waals surface area (Å²) in [6.45, 7) is 5.63. The topological polar surface area (TPSA) is 73.6 Å². The number of anilines is 1. The Balaban J connectivity index is 0.00000242. The van der Waals surface area contributed by atoms with Crippen LogP contribution in [0.25, 0.3) is 0 Å². The number of hydrogen-bond donors (Lipinski definition) is 2. The van der Waals surface area contributed by atoms with Gasteiger partial charge in [-0.2, -0.15) is 0 Å². The summed E-state index contributed by atoms with van der Waals surface area (Å²) in [5.41, 5.74) is 6.98. The molecule has 0 aliphatic heterocycles. The maximum atomic E-state index is 11.9. The van der Waals surface area contributed by atoms with Crippen molar-refractivity contribution in [3.05, 3.63) is 29.8 Å². The van der Waals surface area contributed by atoms with Crippen LogP contribution in [0.4, 0.5) is 5.69 Å². The molecule has 6 heteroatoms. The van der Waals surface area contributed by atoms with Crippen LogP contribution in [0, 0.1) is 0 Å². The lowest BCUT2D eigenvalue weighted by Gasteiger charge is -2.12. The monoisotopic (exact) mass is 328 g/mol. The van der Waals surface area contributed by atoms with Crippen LogP contribution in [0.1, 0.15) is 32.3 Å². The molecular weight excluding hydrogens is 304 g/mol. The highest BCUT2D eigenvalue weighted by Gasteiger charge is 2.45. The van der Waals surface area contributed by atoms with Gasteiger partial charge in [0.1, 0.15) is 0 Å². The molecule has 0 heterocycles. The van der Waals surface area contributed by atoms with Crippen molar-refractivity contribution >= 4 is 24.0 Å². The number of rotatable bonds is 8. The van der Waals surface area contributed by atoms with Gasteiger partial charge in [0.25, 0.3) is 0 Å². The Morgan fingerprint density at radius 2 is 2.09 bits per heavy atom. The average Bonchev–Trinajstić information content (AvgIpc) is 3.18. The standard InChI is InChI=1S/C16H24N2O3.ClH/c1-12(2)21-9-8-20-11-13-4-3-5-14(10-13)18-15(19)16(17)6-7-16;/h3-5,10,12H,6-9,11,17H2,1-2H3,(H,18,19);1H. The van der Waals surface area contributed by atoms with Crippen molar-refractivity contribution in [1.82, 2.24) is 0 Å². The van der Waals surface area contributed by atoms with E-state index in [1.54, 1.807) is 0 Å². The number of nitrogens with two attached hydrogens (primary N) is 1. The predicted octanol–water partition coefficient (Wildman–Crippen LogP) is 2.48. The molecule has 0 atom stereocenters. The lowest BCUT2D eigenvalue weighted by molar-refractivity contribution is -0.118. The molecule has 1 fully saturated rings. The highest BCUT2D eigenvalue weighted by molar-refractivity contribution is 6.00. The van der Waals surface area contributed by atoms with E-state index in [0.29, 0.717) is 19.8 Å². The summed E-state index contributed by atoms with van der Waals surface area (Å²) in [7, 11) is 0. The van der Waals surface area contributed by atoms with E-state index in [2.05, 4.69) is 5.32 Å². The number of halogens is 1. The van der Waals surface area contributed by atoms with Gasteiger partial charge in [0.05, 0.1) is 31.5 Å². The number of benzene rings is 1. The van der Waals surface area contributed by atoms with Gasteiger partial charge in [-0.1, -0.05) is 12.1 Å². The molecule has 0 unspecified atom stereocenters. The summed E-state index contributed by atoms with van der Waals surface area (Å²) in [4.78, 5) is 11.9. The highest BCUT2D eigenvalue weighted by atomic mass is 35.5. The summed E-state index contributed by atoms with van der Waals surface area (Å²) in [6, 6.07) is 7.63. The Labute approximate surface area is 138 Å². The van der Waals surface area contributed by atoms with Crippen LogP contribution in [-0.4, -0.2) is 30.8 Å². The first-order valence-corrected chi connectivity index (χ1v) is 7.38. The van der Waals surface area contributed by atoms with Crippen LogP contribution in [0.15, 0.2) is 24.3 Å². The van der Waals surface area contributed by atoms with Gasteiger partial charge in [0.2, 0.25) is 5.91 Å². The molecule has 0 bridgehead atoms. The van der Waals surface area contributed by atoms with Crippen molar-refractivity contribution < 1.29 is 14.3 Å². The highest BCUT2D eigenvalue weighted by Crippen LogP contribution is 2.33. The van der Waals surface area contributed by atoms with Gasteiger partial charge in [0, 0.05) is 5.69 Å². The molecule has 22 heavy (non-hydrogen) atoms. The molecule has 1 aliphatic carbocycles. The molecule has 5 nitrogen and oxygen atoms in total. The molecule has 0 spiro atoms. The predicted molar refractivity (Wildman–Crippen MR) is 89.2 cm³/mol. The largest absolute Gasteiger partial charge is 0.376 e. The van der Waals surface area contributed by atoms with Crippen LogP contribution < -0.4 is 11.1 Å². The fraction of sp³-hybridized carbons (Fsp3) is 0.562. The first-order valence-electron chi connectivity index (χ1n) is 7.38. The molecule has 0 aromatic heterocycles. The number of carbonyl (C=O) groups is 1. The van der Waals surface area contributed by atoms with E-state index in [0.717, 1.165) is 24.1 Å². The van der Waals surface area contributed by atoms with Crippen molar-refractivity contribution in [2.24, 2.45) is 5.73 Å². The van der Waals surface area contributed by atoms with E-state index in [4.69, 9.17) is 15.2 Å². The molecule has 2 rings (SSSR count). The van der Waals surface area contributed by atoms with Crippen molar-refractivity contribution in [3.8, 4) is 0 Å². The summed E-state index contributed by atoms with van der Waals surface area (Å²) < 4.78 is 11.0. The molecule has 1 aromatic carbocycles. The van der Waals surface area contributed by atoms with Crippen molar-refractivity contribution in [3.63, 3.8) is 0 Å². The number of ether oxygens (including phenoxy) is 2. The minimum absolute atomic E-state index is 0. The van der Waals surface area contributed by atoms with E-state index in [9.17, 15) is 4.79 Å². The van der Waals surface area contributed by atoms with Gasteiger partial charge in [0.15, 0.2) is 0 Å². The third-order valence-electron chi connectivity index (χ3n) is 3.37. The van der Waals surface area contributed by atoms with E-state index in [1.807, 2.05) is 38.1 Å². The third kappa shape index (κ3) is 5.93. The molecule has 1 aromatic rings. The maximum absolute atomic E-state index is 11.9. The molecule has 0 radical (unpaired) electrons. The minimum Gasteiger partial charge on any atom is -0.376 e. The molecular formula is C16H25ClN2O3. The second-order valence-corrected chi connectivity index (χ2v) is 5.78. The lowest BCUT2D eigenvalue weighted by atomic mass is 10.2. The number of nitrogens with one attached hydrogen (secondary N) is 1. The first kappa shape index (κ1) is 18.9. The van der Waals surface area contributed by atoms with E-state index < -0.39 is 5.54 Å². The second-order valence-electron chi connectivity index (χ2n) is 5.78. The van der Waals surface area contributed by atoms with Crippen molar-refractivity contribution in [2.75, 3.05) is 18.5 Å². The van der Waals surface area contributed by atoms with Gasteiger partial charge in [-0.3, -0.25) is 4.79 Å². The number of amides is 1. The minimum atomic E-state index is -0.652. The maximum Gasteiger partial charge on any atom is 0.244 e. The van der Waals surface area contributed by atoms with Gasteiger partial charge in [-0.25, -0.2) is 0 Å². The van der Waals surface area contributed by atoms with E-state index in [-0.39, 0.29) is 24.4 Å². The third-order valence-corrected chi connectivity index (χ3v) is 3.37. The smallest absolute Gasteiger partial charge is 0.244 e. The van der Waals surface area contributed by atoms with Crippen LogP contribution in [0.2, 0.25) is 0 Å². The van der Waals surface area contributed by atoms with Crippen molar-refractivity contribution in [2.45, 2.75) is 44.9 Å². The van der Waals surface area contributed by atoms with Crippen molar-refractivity contribution in [1.29, 1.82) is 0 Å². The zero-order chi connectivity index (χ0) is 15.3. The fourth-order valence-corrected chi connectivity index (χ4v) is 1.89. The Bertz CT molecular complexity index is 490. The fourth-order valence-electron chi connectivity index (χ4n) is 1.89. The molecule has 1 amide bonds. The Kier molecular flexibility index (Phi) is 7.29. The second kappa shape index (κ2) is 8.48. The SMILES string of the molecule is CC(C)OCCOCc1cccc(NC(=O)C2(N)CC2)c1.Cl. The molecule has 1 saturated carbocycles. The summed E-state index contributed by atoms with van der Waals surface area (Å²) in [5.74, 6) is -0.106. The number of carbonyl (C=O) groups excluding carboxylic acids is 1. The van der Waals surface area contributed by atoms with E-state index in [1.165, 1.54) is 0 Å². The number of hydrogen-bond acceptors (Lipinski definition) is 4. The van der Waals surface area contributed by atoms with Gasteiger partial charge >= 0.3 is 0 Å². The Hall–Kier alpha value is -1.14. The van der Waals surface area contributed by atoms with Crippen LogP contribution >= 0.6 is 12.4 Å². The summed E-state index contributed by atoms with van der Waals surface area (Å²) in [6.07, 6.45) is 1.74. The average molecular weight is 329 g/mol. The van der Waals surface area contributed by atoms with Crippen LogP contribution in [0.3, 0.4) is 0 Å². The molecule has 1 aliphatic rings. The summed E-state index contributed by atoms with van der Waals surface area (Å²) >= 11 is 0. The first-order chi connectivity index (χ1) is 9.99. The molecule has 3 N–H and O–H groups in total. The van der Waals surface area contributed by atoms with E-state index >= 15 is 0 Å². The Morgan fingerprint density at radius 1 is 1.36 bits per heavy atom. The zero-order valence-electron chi connectivity index (χ0n) is 13.1. The van der Waals surface area contributed by atoms with Crippen LogP contribution in [-0.2, 0) is 20.9 Å². The van der Waals surface area contributed by atoms with Gasteiger partial charge in [-0.05, 0) is 44.4 Å². The van der Waals surface area contributed by atoms with Crippen LogP contribution in [0.5, 0.6) is 0 Å². The van der Waals surface area contributed by atoms with Gasteiger partial charge in [-0.15, -0.1) is 12.4 Å². The van der Waals surface area contributed by atoms with Gasteiger partial charge < -0.3 is 20.5 Å². The molecule has 124 valence electrons. The summed E-state index contributed by atoms with van der Waals surface area (Å²) in [5, 5.41) is 2.86. The normalized spacial score (nSPS) is 15.3.